The number of hydrogen-bond donors (Lipinski definition) is 2. The number of hydrogen-bond acceptors (Lipinski definition) is 4. The van der Waals surface area contributed by atoms with Gasteiger partial charge in [-0.05, 0) is 19.8 Å². The average Bonchev–Trinajstić information content (AvgIpc) is 2.76. The Kier molecular flexibility index (Phi) is 5.49. The van der Waals surface area contributed by atoms with Gasteiger partial charge in [0.15, 0.2) is 0 Å². The van der Waals surface area contributed by atoms with E-state index in [2.05, 4.69) is 15.6 Å². The average molecular weight is 226 g/mol. The Morgan fingerprint density at radius 3 is 3.06 bits per heavy atom. The zero-order valence-electron chi connectivity index (χ0n) is 9.46. The van der Waals surface area contributed by atoms with Crippen LogP contribution in [-0.2, 0) is 11.3 Å². The molecule has 6 heteroatoms. The zero-order chi connectivity index (χ0) is 11.8. The van der Waals surface area contributed by atoms with Crippen LogP contribution in [0.5, 0.6) is 0 Å². The highest BCUT2D eigenvalue weighted by Gasteiger charge is 2.06. The van der Waals surface area contributed by atoms with E-state index >= 15 is 0 Å². The van der Waals surface area contributed by atoms with Gasteiger partial charge in [0.05, 0.1) is 12.7 Å². The predicted molar refractivity (Wildman–Crippen MR) is 58.6 cm³/mol. The minimum Gasteiger partial charge on any atom is -0.396 e. The van der Waals surface area contributed by atoms with Crippen molar-refractivity contribution in [1.82, 2.24) is 20.3 Å². The molecule has 1 amide bonds. The first kappa shape index (κ1) is 12.6. The van der Waals surface area contributed by atoms with Crippen LogP contribution in [0.4, 0.5) is 0 Å². The predicted octanol–water partition coefficient (Wildman–Crippen LogP) is -0.0546. The lowest BCUT2D eigenvalue weighted by Crippen LogP contribution is -2.33. The molecule has 2 N–H and O–H groups in total. The van der Waals surface area contributed by atoms with Crippen molar-refractivity contribution in [3.8, 4) is 0 Å². The van der Waals surface area contributed by atoms with Crippen LogP contribution < -0.4 is 5.32 Å². The minimum absolute atomic E-state index is 0.000870. The number of aromatic nitrogens is 3. The summed E-state index contributed by atoms with van der Waals surface area (Å²) in [4.78, 5) is 11.5. The van der Waals surface area contributed by atoms with Gasteiger partial charge in [-0.1, -0.05) is 5.21 Å². The van der Waals surface area contributed by atoms with Gasteiger partial charge in [0.25, 0.3) is 0 Å². The van der Waals surface area contributed by atoms with E-state index in [1.165, 1.54) is 0 Å². The van der Waals surface area contributed by atoms with Gasteiger partial charge in [-0.25, -0.2) is 0 Å². The van der Waals surface area contributed by atoms with Crippen molar-refractivity contribution in [3.63, 3.8) is 0 Å². The molecule has 0 fully saturated rings. The Balaban J connectivity index is 2.15. The summed E-state index contributed by atoms with van der Waals surface area (Å²) in [6.07, 6.45) is 5.22. The van der Waals surface area contributed by atoms with E-state index in [4.69, 9.17) is 5.11 Å². The first-order chi connectivity index (χ1) is 7.72. The third-order valence-electron chi connectivity index (χ3n) is 2.24. The fraction of sp³-hybridized carbons (Fsp3) is 0.700. The zero-order valence-corrected chi connectivity index (χ0v) is 9.46. The van der Waals surface area contributed by atoms with Gasteiger partial charge in [0.1, 0.15) is 0 Å². The molecule has 0 aliphatic carbocycles. The number of aryl methyl sites for hydroxylation is 1. The monoisotopic (exact) mass is 226 g/mol. The highest BCUT2D eigenvalue weighted by atomic mass is 16.3. The lowest BCUT2D eigenvalue weighted by Gasteiger charge is -2.12. The number of aliphatic hydroxyl groups is 1. The molecular formula is C10H18N4O2. The second kappa shape index (κ2) is 6.95. The number of nitrogens with zero attached hydrogens (tertiary/aromatic N) is 3. The minimum atomic E-state index is 0.000870. The van der Waals surface area contributed by atoms with Crippen LogP contribution in [0.2, 0.25) is 0 Å². The highest BCUT2D eigenvalue weighted by molar-refractivity contribution is 5.76. The third-order valence-corrected chi connectivity index (χ3v) is 2.24. The maximum absolute atomic E-state index is 11.5. The Morgan fingerprint density at radius 2 is 2.44 bits per heavy atom. The first-order valence-electron chi connectivity index (χ1n) is 5.46. The third kappa shape index (κ3) is 4.88. The largest absolute Gasteiger partial charge is 0.396 e. The van der Waals surface area contributed by atoms with Crippen LogP contribution in [0.25, 0.3) is 0 Å². The Morgan fingerprint density at radius 1 is 1.62 bits per heavy atom. The van der Waals surface area contributed by atoms with Gasteiger partial charge in [-0.15, -0.1) is 5.10 Å². The van der Waals surface area contributed by atoms with Crippen molar-refractivity contribution in [2.24, 2.45) is 0 Å². The molecule has 1 heterocycles. The molecule has 0 bridgehead atoms. The Labute approximate surface area is 94.7 Å². The molecule has 6 nitrogen and oxygen atoms in total. The Bertz CT molecular complexity index is 300. The van der Waals surface area contributed by atoms with Crippen LogP contribution in [0.3, 0.4) is 0 Å². The molecule has 1 unspecified atom stereocenters. The molecule has 1 atom stereocenters. The Hall–Kier alpha value is -1.43. The summed E-state index contributed by atoms with van der Waals surface area (Å²) < 4.78 is 1.62. The van der Waals surface area contributed by atoms with Gasteiger partial charge >= 0.3 is 0 Å². The summed E-state index contributed by atoms with van der Waals surface area (Å²) in [5.74, 6) is 0.000870. The topological polar surface area (TPSA) is 80.0 Å². The van der Waals surface area contributed by atoms with Crippen molar-refractivity contribution < 1.29 is 9.90 Å². The van der Waals surface area contributed by atoms with Crippen molar-refractivity contribution in [2.45, 2.75) is 38.8 Å². The molecule has 0 aliphatic rings. The number of amides is 1. The van der Waals surface area contributed by atoms with Gasteiger partial charge < -0.3 is 10.4 Å². The van der Waals surface area contributed by atoms with Crippen LogP contribution in [0.1, 0.15) is 26.2 Å². The number of carbonyl (C=O) groups is 1. The van der Waals surface area contributed by atoms with E-state index in [0.717, 1.165) is 6.42 Å². The summed E-state index contributed by atoms with van der Waals surface area (Å²) in [5, 5.41) is 18.9. The molecule has 90 valence electrons. The maximum atomic E-state index is 11.5. The summed E-state index contributed by atoms with van der Waals surface area (Å²) in [6, 6.07) is 0.107. The lowest BCUT2D eigenvalue weighted by atomic mass is 10.2. The van der Waals surface area contributed by atoms with Gasteiger partial charge in [-0.3, -0.25) is 9.48 Å². The van der Waals surface area contributed by atoms with E-state index in [0.29, 0.717) is 19.4 Å². The van der Waals surface area contributed by atoms with Crippen molar-refractivity contribution in [1.29, 1.82) is 0 Å². The molecular weight excluding hydrogens is 208 g/mol. The second-order valence-corrected chi connectivity index (χ2v) is 3.75. The molecule has 0 radical (unpaired) electrons. The van der Waals surface area contributed by atoms with Crippen molar-refractivity contribution in [2.75, 3.05) is 6.61 Å². The number of aliphatic hydroxyl groups excluding tert-OH is 1. The maximum Gasteiger partial charge on any atom is 0.222 e. The lowest BCUT2D eigenvalue weighted by molar-refractivity contribution is -0.122. The summed E-state index contributed by atoms with van der Waals surface area (Å²) in [6.45, 7) is 2.64. The summed E-state index contributed by atoms with van der Waals surface area (Å²) in [7, 11) is 0. The van der Waals surface area contributed by atoms with Gasteiger partial charge in [0.2, 0.25) is 5.91 Å². The standard InChI is InChI=1S/C10H18N4O2/c1-9(3-2-8-15)12-10(16)4-6-14-7-5-11-13-14/h5,7,9,15H,2-4,6,8H2,1H3,(H,12,16). The van der Waals surface area contributed by atoms with Crippen molar-refractivity contribution >= 4 is 5.91 Å². The molecule has 16 heavy (non-hydrogen) atoms. The second-order valence-electron chi connectivity index (χ2n) is 3.75. The summed E-state index contributed by atoms with van der Waals surface area (Å²) in [5.41, 5.74) is 0. The molecule has 1 rings (SSSR count). The van der Waals surface area contributed by atoms with Gasteiger partial charge in [0, 0.05) is 25.3 Å². The smallest absolute Gasteiger partial charge is 0.222 e. The molecule has 0 aromatic carbocycles. The first-order valence-corrected chi connectivity index (χ1v) is 5.46. The normalized spacial score (nSPS) is 12.4. The van der Waals surface area contributed by atoms with Crippen molar-refractivity contribution in [3.05, 3.63) is 12.4 Å². The van der Waals surface area contributed by atoms with Crippen LogP contribution in [0.15, 0.2) is 12.4 Å². The van der Waals surface area contributed by atoms with Crippen LogP contribution in [-0.4, -0.2) is 38.7 Å². The SMILES string of the molecule is CC(CCCO)NC(=O)CCn1ccnn1. The van der Waals surface area contributed by atoms with E-state index in [9.17, 15) is 4.79 Å². The number of nitrogens with one attached hydrogen (secondary N) is 1. The molecule has 0 aliphatic heterocycles. The fourth-order valence-corrected chi connectivity index (χ4v) is 1.38. The highest BCUT2D eigenvalue weighted by Crippen LogP contribution is 1.96. The van der Waals surface area contributed by atoms with E-state index in [1.807, 2.05) is 6.92 Å². The van der Waals surface area contributed by atoms with Gasteiger partial charge in [-0.2, -0.15) is 0 Å². The number of rotatable bonds is 7. The quantitative estimate of drug-likeness (QED) is 0.683. The fourth-order valence-electron chi connectivity index (χ4n) is 1.38. The van der Waals surface area contributed by atoms with Crippen LogP contribution in [0, 0.1) is 0 Å². The molecule has 1 aromatic heterocycles. The molecule has 0 saturated carbocycles. The molecule has 0 saturated heterocycles. The summed E-state index contributed by atoms with van der Waals surface area (Å²) >= 11 is 0. The van der Waals surface area contributed by atoms with E-state index in [-0.39, 0.29) is 18.6 Å². The molecule has 1 aromatic rings. The van der Waals surface area contributed by atoms with Crippen LogP contribution >= 0.6 is 0 Å². The van der Waals surface area contributed by atoms with E-state index < -0.39 is 0 Å². The number of carbonyl (C=O) groups excluding carboxylic acids is 1. The van der Waals surface area contributed by atoms with E-state index in [1.54, 1.807) is 17.1 Å². The molecule has 0 spiro atoms.